The maximum atomic E-state index is 11.4. The molecule has 1 amide bonds. The third-order valence-electron chi connectivity index (χ3n) is 2.07. The second kappa shape index (κ2) is 3.76. The lowest BCUT2D eigenvalue weighted by molar-refractivity contribution is -0.115. The number of ether oxygens (including phenoxy) is 1. The van der Waals surface area contributed by atoms with Gasteiger partial charge in [0, 0.05) is 0 Å². The Labute approximate surface area is 90.4 Å². The van der Waals surface area contributed by atoms with E-state index >= 15 is 0 Å². The number of fused-ring (bicyclic) bond motifs is 1. The highest BCUT2D eigenvalue weighted by Gasteiger charge is 2.28. The summed E-state index contributed by atoms with van der Waals surface area (Å²) in [4.78, 5) is 37.7. The summed E-state index contributed by atoms with van der Waals surface area (Å²) in [6.45, 7) is 1.86. The van der Waals surface area contributed by atoms with E-state index in [9.17, 15) is 14.4 Å². The largest absolute Gasteiger partial charge is 0.461 e. The summed E-state index contributed by atoms with van der Waals surface area (Å²) < 4.78 is 5.88. The van der Waals surface area contributed by atoms with Crippen molar-refractivity contribution < 1.29 is 19.1 Å². The van der Waals surface area contributed by atoms with Gasteiger partial charge in [-0.1, -0.05) is 0 Å². The highest BCUT2D eigenvalue weighted by Crippen LogP contribution is 2.20. The summed E-state index contributed by atoms with van der Waals surface area (Å²) in [5.41, 5.74) is -0.0525. The van der Waals surface area contributed by atoms with Crippen LogP contribution in [0.3, 0.4) is 0 Å². The molecule has 7 heteroatoms. The Hall–Kier alpha value is -2.18. The number of aromatic nitrogens is 2. The van der Waals surface area contributed by atoms with Crippen LogP contribution >= 0.6 is 0 Å². The summed E-state index contributed by atoms with van der Waals surface area (Å²) in [5.74, 6) is -1.45. The summed E-state index contributed by atoms with van der Waals surface area (Å²) in [6.07, 6.45) is 0.953. The zero-order chi connectivity index (χ0) is 11.7. The number of hydrogen-bond donors (Lipinski definition) is 1. The Bertz CT molecular complexity index is 477. The lowest BCUT2D eigenvalue weighted by atomic mass is 10.3. The zero-order valence-corrected chi connectivity index (χ0v) is 8.52. The van der Waals surface area contributed by atoms with Gasteiger partial charge < -0.3 is 10.1 Å². The molecule has 7 nitrogen and oxygen atoms in total. The van der Waals surface area contributed by atoms with Crippen molar-refractivity contribution in [3.05, 3.63) is 12.0 Å². The molecule has 1 aliphatic rings. The SMILES string of the molecule is CCOC(=O)c1ncn2c1NC(=O)CC2=O. The molecule has 0 aromatic carbocycles. The maximum Gasteiger partial charge on any atom is 0.360 e. The molecule has 0 saturated carbocycles. The molecule has 0 bridgehead atoms. The third kappa shape index (κ3) is 1.56. The van der Waals surface area contributed by atoms with Crippen LogP contribution in [0.25, 0.3) is 0 Å². The van der Waals surface area contributed by atoms with Gasteiger partial charge >= 0.3 is 5.97 Å². The molecule has 16 heavy (non-hydrogen) atoms. The van der Waals surface area contributed by atoms with Gasteiger partial charge in [0.05, 0.1) is 6.61 Å². The van der Waals surface area contributed by atoms with Crippen molar-refractivity contribution >= 4 is 23.6 Å². The molecule has 0 saturated heterocycles. The second-order valence-corrected chi connectivity index (χ2v) is 3.15. The Balaban J connectivity index is 2.40. The molecule has 0 unspecified atom stereocenters. The molecule has 1 N–H and O–H groups in total. The minimum atomic E-state index is -0.661. The predicted octanol–water partition coefficient (Wildman–Crippen LogP) is 0.0422. The molecule has 0 atom stereocenters. The molecule has 2 heterocycles. The Morgan fingerprint density at radius 3 is 3.06 bits per heavy atom. The predicted molar refractivity (Wildman–Crippen MR) is 52.1 cm³/mol. The van der Waals surface area contributed by atoms with E-state index in [1.165, 1.54) is 6.33 Å². The van der Waals surface area contributed by atoms with E-state index in [0.29, 0.717) is 0 Å². The number of nitrogens with one attached hydrogen (secondary N) is 1. The van der Waals surface area contributed by atoms with Gasteiger partial charge in [-0.15, -0.1) is 0 Å². The van der Waals surface area contributed by atoms with Gasteiger partial charge in [0.1, 0.15) is 12.7 Å². The van der Waals surface area contributed by atoms with Crippen LogP contribution in [-0.2, 0) is 9.53 Å². The molecular formula is C9H9N3O4. The summed E-state index contributed by atoms with van der Waals surface area (Å²) in [5, 5.41) is 2.42. The number of nitrogens with zero attached hydrogens (tertiary/aromatic N) is 2. The monoisotopic (exact) mass is 223 g/mol. The van der Waals surface area contributed by atoms with Crippen LogP contribution in [0.1, 0.15) is 28.6 Å². The molecule has 0 radical (unpaired) electrons. The van der Waals surface area contributed by atoms with Crippen molar-refractivity contribution in [2.45, 2.75) is 13.3 Å². The lowest BCUT2D eigenvalue weighted by Crippen LogP contribution is -2.29. The molecule has 0 fully saturated rings. The smallest absolute Gasteiger partial charge is 0.360 e. The first-order valence-electron chi connectivity index (χ1n) is 4.71. The Morgan fingerprint density at radius 1 is 1.62 bits per heavy atom. The van der Waals surface area contributed by atoms with Gasteiger partial charge in [-0.3, -0.25) is 14.2 Å². The molecule has 1 aliphatic heterocycles. The van der Waals surface area contributed by atoms with Crippen LogP contribution in [0, 0.1) is 0 Å². The van der Waals surface area contributed by atoms with Crippen molar-refractivity contribution in [2.75, 3.05) is 11.9 Å². The summed E-state index contributed by atoms with van der Waals surface area (Å²) in [7, 11) is 0. The molecule has 1 aromatic rings. The molecule has 1 aromatic heterocycles. The van der Waals surface area contributed by atoms with Gasteiger partial charge in [0.2, 0.25) is 11.8 Å². The number of amides is 1. The molecule has 84 valence electrons. The number of carbonyl (C=O) groups excluding carboxylic acids is 3. The fourth-order valence-corrected chi connectivity index (χ4v) is 1.40. The number of carbonyl (C=O) groups is 3. The topological polar surface area (TPSA) is 90.3 Å². The van der Waals surface area contributed by atoms with Gasteiger partial charge in [0.15, 0.2) is 11.5 Å². The van der Waals surface area contributed by atoms with Crippen LogP contribution in [0.4, 0.5) is 5.82 Å². The van der Waals surface area contributed by atoms with Crippen molar-refractivity contribution in [3.8, 4) is 0 Å². The minimum absolute atomic E-state index is 0.0525. The fraction of sp³-hybridized carbons (Fsp3) is 0.333. The van der Waals surface area contributed by atoms with Crippen molar-refractivity contribution in [1.29, 1.82) is 0 Å². The van der Waals surface area contributed by atoms with Crippen LogP contribution in [0.15, 0.2) is 6.33 Å². The van der Waals surface area contributed by atoms with Crippen molar-refractivity contribution in [1.82, 2.24) is 9.55 Å². The van der Waals surface area contributed by atoms with Crippen LogP contribution in [0.2, 0.25) is 0 Å². The van der Waals surface area contributed by atoms with E-state index in [4.69, 9.17) is 4.74 Å². The average molecular weight is 223 g/mol. The van der Waals surface area contributed by atoms with Crippen LogP contribution in [0.5, 0.6) is 0 Å². The van der Waals surface area contributed by atoms with Crippen LogP contribution < -0.4 is 5.32 Å². The van der Waals surface area contributed by atoms with Gasteiger partial charge in [-0.25, -0.2) is 9.78 Å². The minimum Gasteiger partial charge on any atom is -0.461 e. The van der Waals surface area contributed by atoms with Crippen molar-refractivity contribution in [3.63, 3.8) is 0 Å². The summed E-state index contributed by atoms with van der Waals surface area (Å²) in [6, 6.07) is 0. The highest BCUT2D eigenvalue weighted by atomic mass is 16.5. The zero-order valence-electron chi connectivity index (χ0n) is 8.52. The normalized spacial score (nSPS) is 14.3. The average Bonchev–Trinajstić information content (AvgIpc) is 2.61. The van der Waals surface area contributed by atoms with Gasteiger partial charge in [-0.05, 0) is 6.92 Å². The number of imidazole rings is 1. The second-order valence-electron chi connectivity index (χ2n) is 3.15. The fourth-order valence-electron chi connectivity index (χ4n) is 1.40. The molecular weight excluding hydrogens is 214 g/mol. The van der Waals surface area contributed by atoms with E-state index in [1.807, 2.05) is 0 Å². The molecule has 0 spiro atoms. The number of esters is 1. The third-order valence-corrected chi connectivity index (χ3v) is 2.07. The van der Waals surface area contributed by atoms with E-state index in [0.717, 1.165) is 4.57 Å². The maximum absolute atomic E-state index is 11.4. The first kappa shape index (κ1) is 10.3. The van der Waals surface area contributed by atoms with Gasteiger partial charge in [-0.2, -0.15) is 0 Å². The van der Waals surface area contributed by atoms with E-state index in [1.54, 1.807) is 6.92 Å². The summed E-state index contributed by atoms with van der Waals surface area (Å²) >= 11 is 0. The van der Waals surface area contributed by atoms with Crippen LogP contribution in [-0.4, -0.2) is 33.9 Å². The van der Waals surface area contributed by atoms with E-state index in [-0.39, 0.29) is 24.5 Å². The Morgan fingerprint density at radius 2 is 2.38 bits per heavy atom. The number of anilines is 1. The lowest BCUT2D eigenvalue weighted by Gasteiger charge is -2.14. The van der Waals surface area contributed by atoms with E-state index in [2.05, 4.69) is 10.3 Å². The highest BCUT2D eigenvalue weighted by molar-refractivity contribution is 6.11. The molecule has 0 aliphatic carbocycles. The number of rotatable bonds is 2. The van der Waals surface area contributed by atoms with Gasteiger partial charge in [0.25, 0.3) is 0 Å². The van der Waals surface area contributed by atoms with Crippen molar-refractivity contribution in [2.24, 2.45) is 0 Å². The van der Waals surface area contributed by atoms with E-state index < -0.39 is 17.8 Å². The first-order valence-corrected chi connectivity index (χ1v) is 4.71. The number of hydrogen-bond acceptors (Lipinski definition) is 5. The first-order chi connectivity index (χ1) is 7.63. The molecule has 2 rings (SSSR count). The Kier molecular flexibility index (Phi) is 2.43. The quantitative estimate of drug-likeness (QED) is 0.564. The standard InChI is InChI=1S/C9H9N3O4/c1-2-16-9(15)7-8-11-5(13)3-6(14)12(8)4-10-7/h4H,2-3H2,1H3,(H,11,13).